The zero-order valence-electron chi connectivity index (χ0n) is 9.46. The largest absolute Gasteiger partial charge is 0.381 e. The first-order chi connectivity index (χ1) is 7.27. The van der Waals surface area contributed by atoms with Gasteiger partial charge in [-0.3, -0.25) is 4.79 Å². The molecule has 0 unspecified atom stereocenters. The maximum atomic E-state index is 12.1. The molecule has 3 heteroatoms. The Morgan fingerprint density at radius 2 is 2.07 bits per heavy atom. The van der Waals surface area contributed by atoms with Gasteiger partial charge in [-0.25, -0.2) is 0 Å². The first kappa shape index (κ1) is 11.1. The number of hydrogen-bond acceptors (Lipinski definition) is 3. The minimum absolute atomic E-state index is 0.322. The third kappa shape index (κ3) is 2.23. The van der Waals surface area contributed by atoms with Crippen molar-refractivity contribution in [2.24, 2.45) is 5.92 Å². The molecule has 0 atom stereocenters. The molecule has 1 heterocycles. The van der Waals surface area contributed by atoms with Crippen molar-refractivity contribution >= 4 is 5.78 Å². The van der Waals surface area contributed by atoms with Crippen LogP contribution in [0.15, 0.2) is 0 Å². The fraction of sp³-hybridized carbons (Fsp3) is 0.917. The lowest BCUT2D eigenvalue weighted by molar-refractivity contribution is -0.153. The summed E-state index contributed by atoms with van der Waals surface area (Å²) in [6.45, 7) is 1.63. The number of ether oxygens (including phenoxy) is 2. The van der Waals surface area contributed by atoms with E-state index in [4.69, 9.17) is 9.47 Å². The summed E-state index contributed by atoms with van der Waals surface area (Å²) in [6, 6.07) is 0. The average Bonchev–Trinajstić information content (AvgIpc) is 2.18. The Morgan fingerprint density at radius 1 is 1.40 bits per heavy atom. The van der Waals surface area contributed by atoms with Crippen molar-refractivity contribution in [1.29, 1.82) is 0 Å². The molecule has 86 valence electrons. The van der Waals surface area contributed by atoms with Gasteiger partial charge in [-0.15, -0.1) is 0 Å². The minimum Gasteiger partial charge on any atom is -0.381 e. The van der Waals surface area contributed by atoms with E-state index in [1.807, 2.05) is 0 Å². The summed E-state index contributed by atoms with van der Waals surface area (Å²) in [5.41, 5.74) is -0.404. The van der Waals surface area contributed by atoms with Gasteiger partial charge in [0.1, 0.15) is 5.60 Å². The molecule has 0 amide bonds. The highest BCUT2D eigenvalue weighted by Crippen LogP contribution is 2.38. The first-order valence-electron chi connectivity index (χ1n) is 5.93. The first-order valence-corrected chi connectivity index (χ1v) is 5.93. The van der Waals surface area contributed by atoms with Gasteiger partial charge in [0.2, 0.25) is 0 Å². The zero-order valence-corrected chi connectivity index (χ0v) is 9.46. The molecule has 2 aliphatic rings. The lowest BCUT2D eigenvalue weighted by atomic mass is 9.74. The minimum atomic E-state index is -0.404. The Kier molecular flexibility index (Phi) is 3.42. The molecule has 1 aliphatic carbocycles. The van der Waals surface area contributed by atoms with Crippen molar-refractivity contribution in [3.8, 4) is 0 Å². The van der Waals surface area contributed by atoms with Crippen molar-refractivity contribution in [3.05, 3.63) is 0 Å². The van der Waals surface area contributed by atoms with Crippen LogP contribution in [0.1, 0.15) is 38.5 Å². The van der Waals surface area contributed by atoms with Crippen LogP contribution >= 0.6 is 0 Å². The van der Waals surface area contributed by atoms with Crippen molar-refractivity contribution in [1.82, 2.24) is 0 Å². The van der Waals surface area contributed by atoms with Crippen molar-refractivity contribution in [2.75, 3.05) is 20.3 Å². The van der Waals surface area contributed by atoms with Gasteiger partial charge in [-0.1, -0.05) is 0 Å². The van der Waals surface area contributed by atoms with Crippen LogP contribution in [-0.4, -0.2) is 31.7 Å². The second-order valence-electron chi connectivity index (χ2n) is 4.74. The van der Waals surface area contributed by atoms with Crippen LogP contribution in [0.3, 0.4) is 0 Å². The number of hydrogen-bond donors (Lipinski definition) is 0. The third-order valence-electron chi connectivity index (χ3n) is 3.88. The highest BCUT2D eigenvalue weighted by atomic mass is 16.5. The smallest absolute Gasteiger partial charge is 0.164 e. The van der Waals surface area contributed by atoms with Gasteiger partial charge in [0.25, 0.3) is 0 Å². The molecule has 0 spiro atoms. The van der Waals surface area contributed by atoms with Crippen LogP contribution < -0.4 is 0 Å². The number of ketones is 1. The summed E-state index contributed by atoms with van der Waals surface area (Å²) >= 11 is 0. The van der Waals surface area contributed by atoms with Crippen molar-refractivity contribution in [3.63, 3.8) is 0 Å². The van der Waals surface area contributed by atoms with E-state index in [0.717, 1.165) is 45.3 Å². The molecule has 2 fully saturated rings. The van der Waals surface area contributed by atoms with E-state index in [1.54, 1.807) is 7.11 Å². The van der Waals surface area contributed by atoms with Crippen LogP contribution in [0, 0.1) is 5.92 Å². The van der Waals surface area contributed by atoms with Gasteiger partial charge < -0.3 is 9.47 Å². The summed E-state index contributed by atoms with van der Waals surface area (Å²) in [7, 11) is 1.67. The van der Waals surface area contributed by atoms with E-state index in [9.17, 15) is 4.79 Å². The number of rotatable bonds is 4. The van der Waals surface area contributed by atoms with Crippen LogP contribution in [0.2, 0.25) is 0 Å². The Morgan fingerprint density at radius 3 is 2.53 bits per heavy atom. The number of Topliss-reactive ketones (excluding diaryl/α,β-unsaturated/α-hetero) is 1. The summed E-state index contributed by atoms with van der Waals surface area (Å²) in [5.74, 6) is 0.849. The Hall–Kier alpha value is -0.410. The molecule has 2 rings (SSSR count). The Bertz CT molecular complexity index is 222. The van der Waals surface area contributed by atoms with Gasteiger partial charge in [0, 0.05) is 26.7 Å². The Balaban J connectivity index is 1.85. The van der Waals surface area contributed by atoms with Crippen molar-refractivity contribution < 1.29 is 14.3 Å². The molecule has 0 N–H and O–H groups in total. The van der Waals surface area contributed by atoms with Gasteiger partial charge in [0.05, 0.1) is 0 Å². The quantitative estimate of drug-likeness (QED) is 0.714. The molecule has 1 aliphatic heterocycles. The highest BCUT2D eigenvalue weighted by molar-refractivity contribution is 5.88. The number of carbonyl (C=O) groups excluding carboxylic acids is 1. The lowest BCUT2D eigenvalue weighted by Gasteiger charge is -2.40. The van der Waals surface area contributed by atoms with E-state index in [0.29, 0.717) is 18.1 Å². The predicted octanol–water partition coefficient (Wildman–Crippen LogP) is 1.94. The molecule has 0 aromatic carbocycles. The van der Waals surface area contributed by atoms with Crippen LogP contribution in [0.5, 0.6) is 0 Å². The molecular formula is C12H20O3. The average molecular weight is 212 g/mol. The van der Waals surface area contributed by atoms with E-state index < -0.39 is 5.60 Å². The maximum Gasteiger partial charge on any atom is 0.164 e. The van der Waals surface area contributed by atoms with Gasteiger partial charge in [-0.05, 0) is 38.0 Å². The molecule has 3 nitrogen and oxygen atoms in total. The van der Waals surface area contributed by atoms with E-state index >= 15 is 0 Å². The van der Waals surface area contributed by atoms with E-state index in [2.05, 4.69) is 0 Å². The summed E-state index contributed by atoms with van der Waals surface area (Å²) in [5, 5.41) is 0. The molecular weight excluding hydrogens is 192 g/mol. The van der Waals surface area contributed by atoms with E-state index in [-0.39, 0.29) is 0 Å². The topological polar surface area (TPSA) is 35.5 Å². The maximum absolute atomic E-state index is 12.1. The molecule has 0 bridgehead atoms. The lowest BCUT2D eigenvalue weighted by Crippen LogP contribution is -2.47. The van der Waals surface area contributed by atoms with Gasteiger partial charge in [0.15, 0.2) is 5.78 Å². The molecule has 0 aromatic heterocycles. The SMILES string of the molecule is COC1(C(=O)CC2CCOCC2)CCC1. The number of carbonyl (C=O) groups is 1. The van der Waals surface area contributed by atoms with Crippen LogP contribution in [0.4, 0.5) is 0 Å². The van der Waals surface area contributed by atoms with Crippen molar-refractivity contribution in [2.45, 2.75) is 44.1 Å². The predicted molar refractivity (Wildman–Crippen MR) is 56.8 cm³/mol. The second-order valence-corrected chi connectivity index (χ2v) is 4.74. The normalized spacial score (nSPS) is 25.9. The van der Waals surface area contributed by atoms with E-state index in [1.165, 1.54) is 0 Å². The molecule has 1 saturated carbocycles. The van der Waals surface area contributed by atoms with Gasteiger partial charge >= 0.3 is 0 Å². The fourth-order valence-electron chi connectivity index (χ4n) is 2.49. The van der Waals surface area contributed by atoms with Crippen LogP contribution in [-0.2, 0) is 14.3 Å². The van der Waals surface area contributed by atoms with Gasteiger partial charge in [-0.2, -0.15) is 0 Å². The third-order valence-corrected chi connectivity index (χ3v) is 3.88. The highest BCUT2D eigenvalue weighted by Gasteiger charge is 2.44. The number of methoxy groups -OCH3 is 1. The second kappa shape index (κ2) is 4.62. The Labute approximate surface area is 91.1 Å². The summed E-state index contributed by atoms with van der Waals surface area (Å²) < 4.78 is 10.7. The summed E-state index contributed by atoms with van der Waals surface area (Å²) in [6.07, 6.45) is 5.73. The molecule has 1 saturated heterocycles. The standard InChI is InChI=1S/C12H20O3/c1-14-12(5-2-6-12)11(13)9-10-3-7-15-8-4-10/h10H,2-9H2,1H3. The molecule has 0 aromatic rings. The monoisotopic (exact) mass is 212 g/mol. The molecule has 0 radical (unpaired) electrons. The zero-order chi connectivity index (χ0) is 10.7. The van der Waals surface area contributed by atoms with Crippen LogP contribution in [0.25, 0.3) is 0 Å². The fourth-order valence-corrected chi connectivity index (χ4v) is 2.49. The summed E-state index contributed by atoms with van der Waals surface area (Å²) in [4.78, 5) is 12.1. The molecule has 15 heavy (non-hydrogen) atoms.